The van der Waals surface area contributed by atoms with E-state index in [-0.39, 0.29) is 10.8 Å². The molecule has 2 rings (SSSR count). The van der Waals surface area contributed by atoms with E-state index in [0.29, 0.717) is 6.54 Å². The maximum Gasteiger partial charge on any atom is 0.141 e. The Hall–Kier alpha value is -1.38. The van der Waals surface area contributed by atoms with Crippen LogP contribution in [-0.2, 0) is 13.0 Å². The van der Waals surface area contributed by atoms with E-state index in [1.807, 2.05) is 0 Å². The molecule has 0 atom stereocenters. The van der Waals surface area contributed by atoms with E-state index in [9.17, 15) is 4.39 Å². The Bertz CT molecular complexity index is 554. The molecule has 0 aliphatic rings. The summed E-state index contributed by atoms with van der Waals surface area (Å²) in [6.45, 7) is 3.68. The van der Waals surface area contributed by atoms with Crippen molar-refractivity contribution in [2.45, 2.75) is 19.9 Å². The van der Waals surface area contributed by atoms with Crippen molar-refractivity contribution in [3.8, 4) is 0 Å². The molecule has 1 N–H and O–H groups in total. The van der Waals surface area contributed by atoms with Gasteiger partial charge in [0.25, 0.3) is 0 Å². The zero-order valence-electron chi connectivity index (χ0n) is 10.9. The Morgan fingerprint density at radius 1 is 1.11 bits per heavy atom. The standard InChI is InChI=1S/C16H17ClFN/c1-12-3-2-4-13(9-12)7-8-19-11-14-5-6-16(18)15(17)10-14/h2-6,9-10,19H,7-8,11H2,1H3. The lowest BCUT2D eigenvalue weighted by Crippen LogP contribution is -2.16. The summed E-state index contributed by atoms with van der Waals surface area (Å²) in [5.41, 5.74) is 3.60. The van der Waals surface area contributed by atoms with Crippen LogP contribution in [-0.4, -0.2) is 6.54 Å². The maximum absolute atomic E-state index is 13.0. The van der Waals surface area contributed by atoms with Gasteiger partial charge in [0.1, 0.15) is 5.82 Å². The maximum atomic E-state index is 13.0. The highest BCUT2D eigenvalue weighted by Gasteiger charge is 2.00. The third kappa shape index (κ3) is 4.34. The molecule has 3 heteroatoms. The van der Waals surface area contributed by atoms with E-state index in [1.54, 1.807) is 12.1 Å². The van der Waals surface area contributed by atoms with Gasteiger partial charge in [-0.2, -0.15) is 0 Å². The summed E-state index contributed by atoms with van der Waals surface area (Å²) in [7, 11) is 0. The summed E-state index contributed by atoms with van der Waals surface area (Å²) in [6, 6.07) is 13.3. The molecule has 0 aliphatic carbocycles. The van der Waals surface area contributed by atoms with E-state index < -0.39 is 0 Å². The average Bonchev–Trinajstić information content (AvgIpc) is 2.39. The summed E-state index contributed by atoms with van der Waals surface area (Å²) in [5, 5.41) is 3.51. The molecule has 0 bridgehead atoms. The van der Waals surface area contributed by atoms with Crippen molar-refractivity contribution in [1.29, 1.82) is 0 Å². The van der Waals surface area contributed by atoms with Crippen LogP contribution in [0.15, 0.2) is 42.5 Å². The van der Waals surface area contributed by atoms with Gasteiger partial charge < -0.3 is 5.32 Å². The van der Waals surface area contributed by atoms with E-state index in [0.717, 1.165) is 18.5 Å². The highest BCUT2D eigenvalue weighted by atomic mass is 35.5. The molecule has 100 valence electrons. The van der Waals surface area contributed by atoms with Gasteiger partial charge in [0.05, 0.1) is 5.02 Å². The van der Waals surface area contributed by atoms with Crippen LogP contribution in [0.5, 0.6) is 0 Å². The largest absolute Gasteiger partial charge is 0.312 e. The Morgan fingerprint density at radius 3 is 2.68 bits per heavy atom. The number of benzene rings is 2. The molecular formula is C16H17ClFN. The summed E-state index contributed by atoms with van der Waals surface area (Å²) in [5.74, 6) is -0.370. The molecule has 0 heterocycles. The topological polar surface area (TPSA) is 12.0 Å². The third-order valence-electron chi connectivity index (χ3n) is 2.99. The second-order valence-electron chi connectivity index (χ2n) is 4.66. The number of hydrogen-bond donors (Lipinski definition) is 1. The molecule has 2 aromatic carbocycles. The van der Waals surface area contributed by atoms with Gasteiger partial charge in [0.2, 0.25) is 0 Å². The molecular weight excluding hydrogens is 261 g/mol. The first-order chi connectivity index (χ1) is 9.15. The number of hydrogen-bond acceptors (Lipinski definition) is 1. The lowest BCUT2D eigenvalue weighted by molar-refractivity contribution is 0.625. The third-order valence-corrected chi connectivity index (χ3v) is 3.28. The summed E-state index contributed by atoms with van der Waals surface area (Å²) >= 11 is 5.74. The van der Waals surface area contributed by atoms with Gasteiger partial charge in [-0.3, -0.25) is 0 Å². The van der Waals surface area contributed by atoms with Crippen molar-refractivity contribution in [3.63, 3.8) is 0 Å². The van der Waals surface area contributed by atoms with Gasteiger partial charge in [-0.15, -0.1) is 0 Å². The Labute approximate surface area is 118 Å². The molecule has 0 aliphatic heterocycles. The first-order valence-corrected chi connectivity index (χ1v) is 6.73. The van der Waals surface area contributed by atoms with Gasteiger partial charge in [-0.05, 0) is 43.1 Å². The molecule has 0 saturated heterocycles. The minimum absolute atomic E-state index is 0.179. The lowest BCUT2D eigenvalue weighted by Gasteiger charge is -2.06. The molecule has 19 heavy (non-hydrogen) atoms. The van der Waals surface area contributed by atoms with Crippen molar-refractivity contribution in [2.75, 3.05) is 6.54 Å². The first-order valence-electron chi connectivity index (χ1n) is 6.35. The quantitative estimate of drug-likeness (QED) is 0.811. The minimum Gasteiger partial charge on any atom is -0.312 e. The normalized spacial score (nSPS) is 10.7. The van der Waals surface area contributed by atoms with Crippen molar-refractivity contribution >= 4 is 11.6 Å². The molecule has 0 amide bonds. The molecule has 2 aromatic rings. The summed E-state index contributed by atoms with van der Waals surface area (Å²) in [4.78, 5) is 0. The Kier molecular flexibility index (Phi) is 4.94. The van der Waals surface area contributed by atoms with Gasteiger partial charge in [-0.25, -0.2) is 4.39 Å². The monoisotopic (exact) mass is 277 g/mol. The minimum atomic E-state index is -0.370. The number of rotatable bonds is 5. The van der Waals surface area contributed by atoms with E-state index in [4.69, 9.17) is 11.6 Å². The molecule has 0 saturated carbocycles. The van der Waals surface area contributed by atoms with Crippen molar-refractivity contribution in [1.82, 2.24) is 5.32 Å². The van der Waals surface area contributed by atoms with Crippen LogP contribution >= 0.6 is 11.6 Å². The molecule has 1 nitrogen and oxygen atoms in total. The van der Waals surface area contributed by atoms with Gasteiger partial charge in [0.15, 0.2) is 0 Å². The lowest BCUT2D eigenvalue weighted by atomic mass is 10.1. The Balaban J connectivity index is 1.79. The fourth-order valence-electron chi connectivity index (χ4n) is 1.98. The van der Waals surface area contributed by atoms with E-state index in [2.05, 4.69) is 36.5 Å². The predicted molar refractivity (Wildman–Crippen MR) is 78.0 cm³/mol. The summed E-state index contributed by atoms with van der Waals surface area (Å²) < 4.78 is 13.0. The molecule has 0 aromatic heterocycles. The smallest absolute Gasteiger partial charge is 0.141 e. The fourth-order valence-corrected chi connectivity index (χ4v) is 2.19. The van der Waals surface area contributed by atoms with Crippen molar-refractivity contribution in [3.05, 3.63) is 70.0 Å². The van der Waals surface area contributed by atoms with Gasteiger partial charge in [0, 0.05) is 6.54 Å². The average molecular weight is 278 g/mol. The molecule has 0 radical (unpaired) electrons. The number of nitrogens with one attached hydrogen (secondary N) is 1. The van der Waals surface area contributed by atoms with Crippen LogP contribution in [0.1, 0.15) is 16.7 Å². The highest BCUT2D eigenvalue weighted by molar-refractivity contribution is 6.30. The highest BCUT2D eigenvalue weighted by Crippen LogP contribution is 2.15. The van der Waals surface area contributed by atoms with Crippen LogP contribution in [0.3, 0.4) is 0 Å². The summed E-state index contributed by atoms with van der Waals surface area (Å²) in [6.07, 6.45) is 0.983. The first kappa shape index (κ1) is 14.0. The number of aryl methyl sites for hydroxylation is 1. The van der Waals surface area contributed by atoms with E-state index in [1.165, 1.54) is 17.2 Å². The Morgan fingerprint density at radius 2 is 1.95 bits per heavy atom. The fraction of sp³-hybridized carbons (Fsp3) is 0.250. The van der Waals surface area contributed by atoms with Crippen molar-refractivity contribution in [2.24, 2.45) is 0 Å². The second-order valence-corrected chi connectivity index (χ2v) is 5.07. The van der Waals surface area contributed by atoms with E-state index >= 15 is 0 Å². The SMILES string of the molecule is Cc1cccc(CCNCc2ccc(F)c(Cl)c2)c1. The zero-order chi connectivity index (χ0) is 13.7. The molecule has 0 spiro atoms. The number of halogens is 2. The second kappa shape index (κ2) is 6.69. The predicted octanol–water partition coefficient (Wildman–Crippen LogP) is 4.12. The van der Waals surface area contributed by atoms with Gasteiger partial charge in [-0.1, -0.05) is 47.5 Å². The zero-order valence-corrected chi connectivity index (χ0v) is 11.7. The van der Waals surface area contributed by atoms with Crippen LogP contribution in [0, 0.1) is 12.7 Å². The van der Waals surface area contributed by atoms with Crippen molar-refractivity contribution < 1.29 is 4.39 Å². The molecule has 0 unspecified atom stereocenters. The van der Waals surface area contributed by atoms with Crippen LogP contribution in [0.25, 0.3) is 0 Å². The van der Waals surface area contributed by atoms with Crippen LogP contribution in [0.2, 0.25) is 5.02 Å². The van der Waals surface area contributed by atoms with Gasteiger partial charge >= 0.3 is 0 Å². The molecule has 0 fully saturated rings. The van der Waals surface area contributed by atoms with Crippen LogP contribution < -0.4 is 5.32 Å². The van der Waals surface area contributed by atoms with Crippen LogP contribution in [0.4, 0.5) is 4.39 Å².